The molecule has 12 heteroatoms. The molecule has 2 rings (SSSR count). The van der Waals surface area contributed by atoms with Gasteiger partial charge in [0.05, 0.1) is 25.3 Å². The van der Waals surface area contributed by atoms with E-state index in [9.17, 15) is 29.4 Å². The van der Waals surface area contributed by atoms with E-state index < -0.39 is 59.6 Å². The maximum absolute atomic E-state index is 11.7. The number of hydrogen-bond donors (Lipinski definition) is 4. The molecule has 0 aromatic carbocycles. The van der Waals surface area contributed by atoms with Crippen LogP contribution < -0.4 is 0 Å². The molecule has 184 valence electrons. The van der Waals surface area contributed by atoms with Crippen LogP contribution in [0.4, 0.5) is 9.59 Å². The number of nitrogens with zero attached hydrogens (tertiary/aromatic N) is 2. The summed E-state index contributed by atoms with van der Waals surface area (Å²) in [6, 6.07) is -1.99. The first-order chi connectivity index (χ1) is 14.4. The molecule has 2 fully saturated rings. The lowest BCUT2D eigenvalue weighted by molar-refractivity contribution is -0.142. The number of carboxylic acid groups (broad SMARTS) is 2. The summed E-state index contributed by atoms with van der Waals surface area (Å²) in [5, 5.41) is 36.5. The first-order valence-corrected chi connectivity index (χ1v) is 10.2. The van der Waals surface area contributed by atoms with Crippen LogP contribution >= 0.6 is 0 Å². The number of carboxylic acids is 2. The molecular weight excluding hydrogens is 428 g/mol. The number of amides is 2. The van der Waals surface area contributed by atoms with Gasteiger partial charge in [0, 0.05) is 12.8 Å². The van der Waals surface area contributed by atoms with E-state index in [2.05, 4.69) is 0 Å². The number of likely N-dealkylation sites (tertiary alicyclic amines) is 2. The Morgan fingerprint density at radius 2 is 0.969 bits per heavy atom. The summed E-state index contributed by atoms with van der Waals surface area (Å²) in [5.41, 5.74) is -1.35. The van der Waals surface area contributed by atoms with Gasteiger partial charge in [0.2, 0.25) is 0 Å². The molecular formula is C20H34N2O10. The summed E-state index contributed by atoms with van der Waals surface area (Å²) < 4.78 is 10.1. The van der Waals surface area contributed by atoms with Crippen LogP contribution in [0.25, 0.3) is 0 Å². The van der Waals surface area contributed by atoms with E-state index >= 15 is 0 Å². The van der Waals surface area contributed by atoms with Gasteiger partial charge in [0.25, 0.3) is 0 Å². The average molecular weight is 462 g/mol. The summed E-state index contributed by atoms with van der Waals surface area (Å²) in [4.78, 5) is 47.1. The fourth-order valence-corrected chi connectivity index (χ4v) is 3.14. The van der Waals surface area contributed by atoms with Crippen LogP contribution in [0.2, 0.25) is 0 Å². The van der Waals surface area contributed by atoms with Gasteiger partial charge in [0.15, 0.2) is 0 Å². The number of rotatable bonds is 2. The number of aliphatic hydroxyl groups excluding tert-OH is 2. The van der Waals surface area contributed by atoms with Crippen LogP contribution in [-0.2, 0) is 19.1 Å². The van der Waals surface area contributed by atoms with Gasteiger partial charge in [-0.15, -0.1) is 0 Å². The van der Waals surface area contributed by atoms with Gasteiger partial charge in [-0.1, -0.05) is 0 Å². The average Bonchev–Trinajstić information content (AvgIpc) is 3.15. The van der Waals surface area contributed by atoms with Gasteiger partial charge >= 0.3 is 24.1 Å². The molecule has 0 aliphatic carbocycles. The lowest BCUT2D eigenvalue weighted by Gasteiger charge is -2.26. The summed E-state index contributed by atoms with van der Waals surface area (Å²) in [7, 11) is 0. The van der Waals surface area contributed by atoms with Gasteiger partial charge in [-0.2, -0.15) is 0 Å². The zero-order valence-corrected chi connectivity index (χ0v) is 19.3. The van der Waals surface area contributed by atoms with Crippen LogP contribution in [0, 0.1) is 0 Å². The van der Waals surface area contributed by atoms with E-state index in [1.165, 1.54) is 0 Å². The van der Waals surface area contributed by atoms with Crippen LogP contribution in [0.3, 0.4) is 0 Å². The Morgan fingerprint density at radius 3 is 1.19 bits per heavy atom. The molecule has 2 saturated heterocycles. The molecule has 4 N–H and O–H groups in total. The monoisotopic (exact) mass is 462 g/mol. The molecule has 0 bridgehead atoms. The Morgan fingerprint density at radius 1 is 0.688 bits per heavy atom. The van der Waals surface area contributed by atoms with Gasteiger partial charge in [-0.05, 0) is 41.5 Å². The summed E-state index contributed by atoms with van der Waals surface area (Å²) in [6.45, 7) is 10.2. The van der Waals surface area contributed by atoms with Crippen molar-refractivity contribution in [3.8, 4) is 0 Å². The molecule has 2 aliphatic rings. The molecule has 2 aliphatic heterocycles. The molecule has 12 nitrogen and oxygen atoms in total. The maximum atomic E-state index is 11.7. The van der Waals surface area contributed by atoms with E-state index in [1.54, 1.807) is 41.5 Å². The molecule has 0 radical (unpaired) electrons. The molecule has 4 atom stereocenters. The van der Waals surface area contributed by atoms with Crippen molar-refractivity contribution in [2.45, 2.75) is 89.9 Å². The van der Waals surface area contributed by atoms with Gasteiger partial charge < -0.3 is 29.9 Å². The summed E-state index contributed by atoms with van der Waals surface area (Å²) in [5.74, 6) is -2.25. The number of hydrogen-bond acceptors (Lipinski definition) is 8. The Balaban J connectivity index is 0.000000320. The Kier molecular flexibility index (Phi) is 8.87. The SMILES string of the molecule is CC(C)(C)OC(=O)N1C[C@@H](O)C[C@@H]1C(=O)O.CC(C)(C)OC(=O)N1C[C@@H](O)C[C@@H]1C(=O)O. The van der Waals surface area contributed by atoms with E-state index in [0.29, 0.717) is 0 Å². The maximum Gasteiger partial charge on any atom is 0.411 e. The highest BCUT2D eigenvalue weighted by Crippen LogP contribution is 2.22. The zero-order chi connectivity index (χ0) is 25.0. The van der Waals surface area contributed by atoms with Crippen LogP contribution in [0.1, 0.15) is 54.4 Å². The van der Waals surface area contributed by atoms with Crippen molar-refractivity contribution in [3.63, 3.8) is 0 Å². The molecule has 0 aromatic heterocycles. The quantitative estimate of drug-likeness (QED) is 0.461. The van der Waals surface area contributed by atoms with Gasteiger partial charge in [-0.25, -0.2) is 19.2 Å². The largest absolute Gasteiger partial charge is 0.480 e. The van der Waals surface area contributed by atoms with Crippen LogP contribution in [-0.4, -0.2) is 103 Å². The third-order valence-electron chi connectivity index (χ3n) is 4.38. The number of β-amino-alcohol motifs (C(OH)–C–C–N with tert-alkyl or cyclic N) is 2. The Bertz CT molecular complexity index is 652. The molecule has 0 spiro atoms. The normalized spacial score (nSPS) is 25.6. The van der Waals surface area contributed by atoms with Crippen molar-refractivity contribution in [3.05, 3.63) is 0 Å². The second-order valence-electron chi connectivity index (χ2n) is 9.75. The summed E-state index contributed by atoms with van der Waals surface area (Å²) in [6.07, 6.45) is -2.89. The highest BCUT2D eigenvalue weighted by molar-refractivity contribution is 5.81. The lowest BCUT2D eigenvalue weighted by Crippen LogP contribution is -2.43. The smallest absolute Gasteiger partial charge is 0.411 e. The molecule has 0 saturated carbocycles. The second-order valence-corrected chi connectivity index (χ2v) is 9.75. The van der Waals surface area contributed by atoms with Gasteiger partial charge in [-0.3, -0.25) is 9.80 Å². The fraction of sp³-hybridized carbons (Fsp3) is 0.800. The van der Waals surface area contributed by atoms with Crippen molar-refractivity contribution < 1.29 is 49.1 Å². The fourth-order valence-electron chi connectivity index (χ4n) is 3.14. The molecule has 2 heterocycles. The van der Waals surface area contributed by atoms with E-state index in [0.717, 1.165) is 9.80 Å². The molecule has 2 amide bonds. The van der Waals surface area contributed by atoms with Gasteiger partial charge in [0.1, 0.15) is 23.3 Å². The summed E-state index contributed by atoms with van der Waals surface area (Å²) >= 11 is 0. The molecule has 0 unspecified atom stereocenters. The topological polar surface area (TPSA) is 174 Å². The van der Waals surface area contributed by atoms with E-state index in [1.807, 2.05) is 0 Å². The minimum atomic E-state index is -1.12. The van der Waals surface area contributed by atoms with E-state index in [4.69, 9.17) is 19.7 Å². The van der Waals surface area contributed by atoms with Crippen molar-refractivity contribution >= 4 is 24.1 Å². The highest BCUT2D eigenvalue weighted by Gasteiger charge is 2.41. The minimum Gasteiger partial charge on any atom is -0.480 e. The second kappa shape index (κ2) is 10.3. The number of carbonyl (C=O) groups is 4. The Hall–Kier alpha value is -2.60. The lowest BCUT2D eigenvalue weighted by atomic mass is 10.2. The van der Waals surface area contributed by atoms with Crippen molar-refractivity contribution in [2.75, 3.05) is 13.1 Å². The first-order valence-electron chi connectivity index (χ1n) is 10.2. The first kappa shape index (κ1) is 27.4. The van der Waals surface area contributed by atoms with Crippen molar-refractivity contribution in [1.29, 1.82) is 0 Å². The van der Waals surface area contributed by atoms with E-state index in [-0.39, 0.29) is 25.9 Å². The third-order valence-corrected chi connectivity index (χ3v) is 4.38. The number of aliphatic hydroxyl groups is 2. The van der Waals surface area contributed by atoms with Crippen LogP contribution in [0.15, 0.2) is 0 Å². The van der Waals surface area contributed by atoms with Crippen molar-refractivity contribution in [2.24, 2.45) is 0 Å². The number of aliphatic carboxylic acids is 2. The molecule has 0 aromatic rings. The number of carbonyl (C=O) groups excluding carboxylic acids is 2. The number of ether oxygens (including phenoxy) is 2. The standard InChI is InChI=1S/2C10H17NO5/c2*1-10(2,3)16-9(15)11-5-6(12)4-7(11)8(13)14/h2*6-7,12H,4-5H2,1-3H3,(H,13,14)/t2*6-,7+/m00/s1. The minimum absolute atomic E-state index is 0.00583. The predicted octanol–water partition coefficient (Wildman–Crippen LogP) is 0.883. The third kappa shape index (κ3) is 8.50. The molecule has 32 heavy (non-hydrogen) atoms. The van der Waals surface area contributed by atoms with Crippen LogP contribution in [0.5, 0.6) is 0 Å². The van der Waals surface area contributed by atoms with Crippen molar-refractivity contribution in [1.82, 2.24) is 9.80 Å². The predicted molar refractivity (Wildman–Crippen MR) is 110 cm³/mol. The Labute approximate surface area is 186 Å². The highest BCUT2D eigenvalue weighted by atomic mass is 16.6. The zero-order valence-electron chi connectivity index (χ0n) is 19.3.